The molecule has 4 rings (SSSR count). The molecule has 0 aromatic carbocycles. The van der Waals surface area contributed by atoms with Gasteiger partial charge in [-0.1, -0.05) is 33.6 Å². The second kappa shape index (κ2) is 12.4. The lowest BCUT2D eigenvalue weighted by Crippen LogP contribution is -2.58. The molecule has 1 saturated heterocycles. The SMILES string of the molecule is COc1cc(OC2C[C@@H](C(N)=O)N(C(=O)[C@@H](NC(O)OC3CCCC3)C(C)(C)C)C2)nc(Nc2nccs2)n1. The van der Waals surface area contributed by atoms with Gasteiger partial charge in [-0.3, -0.25) is 20.2 Å². The summed E-state index contributed by atoms with van der Waals surface area (Å²) in [4.78, 5) is 40.4. The molecule has 4 atom stereocenters. The molecule has 2 aromatic heterocycles. The molecule has 1 saturated carbocycles. The minimum absolute atomic E-state index is 0.0500. The van der Waals surface area contributed by atoms with Crippen LogP contribution in [-0.2, 0) is 14.3 Å². The zero-order valence-electron chi connectivity index (χ0n) is 22.6. The van der Waals surface area contributed by atoms with Crippen LogP contribution in [0.15, 0.2) is 17.6 Å². The predicted octanol–water partition coefficient (Wildman–Crippen LogP) is 1.76. The Hall–Kier alpha value is -3.07. The molecule has 1 aliphatic carbocycles. The number of hydrogen-bond acceptors (Lipinski definition) is 12. The van der Waals surface area contributed by atoms with Gasteiger partial charge in [-0.05, 0) is 18.3 Å². The van der Waals surface area contributed by atoms with Crippen LogP contribution in [-0.4, -0.2) is 81.1 Å². The third kappa shape index (κ3) is 7.53. The van der Waals surface area contributed by atoms with Gasteiger partial charge in [0.2, 0.25) is 35.9 Å². The number of aliphatic hydroxyl groups is 1. The first-order valence-electron chi connectivity index (χ1n) is 13.0. The van der Waals surface area contributed by atoms with Crippen LogP contribution < -0.4 is 25.8 Å². The standard InChI is InChI=1S/C25H37N7O6S/c1-25(2,3)19(30-24(35)38-14-7-5-6-8-14)21(34)32-13-15(11-16(32)20(26)33)37-18-12-17(36-4)28-22(29-18)31-23-27-9-10-39-23/h9-10,12,14-16,19,24,30,35H,5-8,11,13H2,1-4H3,(H2,26,33)(H,27,28,29,31)/t15?,16-,19+,24?/m0/s1. The Kier molecular flexibility index (Phi) is 9.20. The first-order chi connectivity index (χ1) is 18.5. The summed E-state index contributed by atoms with van der Waals surface area (Å²) < 4.78 is 17.1. The molecule has 2 fully saturated rings. The number of nitrogens with zero attached hydrogens (tertiary/aromatic N) is 4. The Balaban J connectivity index is 1.48. The van der Waals surface area contributed by atoms with Gasteiger partial charge in [-0.2, -0.15) is 9.97 Å². The fraction of sp³-hybridized carbons (Fsp3) is 0.640. The van der Waals surface area contributed by atoms with Crippen molar-refractivity contribution in [2.75, 3.05) is 19.0 Å². The summed E-state index contributed by atoms with van der Waals surface area (Å²) in [5, 5.41) is 18.9. The van der Waals surface area contributed by atoms with Crippen LogP contribution in [0.3, 0.4) is 0 Å². The van der Waals surface area contributed by atoms with Crippen LogP contribution in [0.4, 0.5) is 11.1 Å². The van der Waals surface area contributed by atoms with E-state index >= 15 is 0 Å². The fourth-order valence-electron chi connectivity index (χ4n) is 4.82. The maximum absolute atomic E-state index is 13.8. The summed E-state index contributed by atoms with van der Waals surface area (Å²) in [6.45, 7) is 5.72. The quantitative estimate of drug-likeness (QED) is 0.293. The fourth-order valence-corrected chi connectivity index (χ4v) is 5.34. The van der Waals surface area contributed by atoms with Gasteiger partial charge in [-0.25, -0.2) is 4.98 Å². The van der Waals surface area contributed by atoms with Crippen LogP contribution in [0, 0.1) is 5.41 Å². The van der Waals surface area contributed by atoms with E-state index in [1.54, 1.807) is 6.20 Å². The Morgan fingerprint density at radius 1 is 1.21 bits per heavy atom. The van der Waals surface area contributed by atoms with Gasteiger partial charge in [0.25, 0.3) is 0 Å². The van der Waals surface area contributed by atoms with Crippen molar-refractivity contribution in [1.29, 1.82) is 0 Å². The highest BCUT2D eigenvalue weighted by Crippen LogP contribution is 2.30. The van der Waals surface area contributed by atoms with E-state index in [9.17, 15) is 14.7 Å². The van der Waals surface area contributed by atoms with E-state index in [1.165, 1.54) is 29.4 Å². The number of likely N-dealkylation sites (tertiary alicyclic amines) is 1. The van der Waals surface area contributed by atoms with Crippen molar-refractivity contribution in [2.24, 2.45) is 11.1 Å². The molecule has 0 radical (unpaired) electrons. The Morgan fingerprint density at radius 3 is 2.54 bits per heavy atom. The molecule has 0 spiro atoms. The molecule has 1 aliphatic heterocycles. The molecule has 0 bridgehead atoms. The molecular formula is C25H37N7O6S. The van der Waals surface area contributed by atoms with Crippen molar-refractivity contribution >= 4 is 34.2 Å². The van der Waals surface area contributed by atoms with E-state index in [0.717, 1.165) is 25.7 Å². The molecule has 14 heteroatoms. The van der Waals surface area contributed by atoms with Gasteiger partial charge in [0.15, 0.2) is 5.13 Å². The van der Waals surface area contributed by atoms with Crippen molar-refractivity contribution in [1.82, 2.24) is 25.2 Å². The molecule has 2 amide bonds. The van der Waals surface area contributed by atoms with Crippen LogP contribution in [0.2, 0.25) is 0 Å². The van der Waals surface area contributed by atoms with E-state index in [2.05, 4.69) is 25.6 Å². The van der Waals surface area contributed by atoms with Crippen molar-refractivity contribution in [2.45, 2.75) is 83.6 Å². The number of aliphatic hydroxyl groups excluding tert-OH is 1. The maximum Gasteiger partial charge on any atom is 0.241 e. The van der Waals surface area contributed by atoms with E-state index in [4.69, 9.17) is 19.9 Å². The Morgan fingerprint density at radius 2 is 1.92 bits per heavy atom. The van der Waals surface area contributed by atoms with Crippen LogP contribution >= 0.6 is 11.3 Å². The molecule has 5 N–H and O–H groups in total. The number of nitrogens with two attached hydrogens (primary N) is 1. The van der Waals surface area contributed by atoms with Crippen LogP contribution in [0.25, 0.3) is 0 Å². The Labute approximate surface area is 231 Å². The number of aromatic nitrogens is 3. The second-order valence-corrected chi connectivity index (χ2v) is 11.7. The van der Waals surface area contributed by atoms with Crippen LogP contribution in [0.5, 0.6) is 11.8 Å². The number of rotatable bonds is 11. The summed E-state index contributed by atoms with van der Waals surface area (Å²) >= 11 is 1.38. The number of primary amides is 1. The van der Waals surface area contributed by atoms with Gasteiger partial charge in [0.05, 0.1) is 31.9 Å². The first kappa shape index (κ1) is 28.9. The molecule has 39 heavy (non-hydrogen) atoms. The van der Waals surface area contributed by atoms with E-state index < -0.39 is 35.9 Å². The van der Waals surface area contributed by atoms with Gasteiger partial charge in [0, 0.05) is 18.0 Å². The summed E-state index contributed by atoms with van der Waals surface area (Å²) in [7, 11) is 1.48. The lowest BCUT2D eigenvalue weighted by molar-refractivity contribution is -0.169. The van der Waals surface area contributed by atoms with Crippen LogP contribution in [0.1, 0.15) is 52.9 Å². The maximum atomic E-state index is 13.8. The molecule has 214 valence electrons. The molecule has 2 aromatic rings. The number of thiazole rings is 1. The van der Waals surface area contributed by atoms with E-state index in [1.807, 2.05) is 26.2 Å². The topological polar surface area (TPSA) is 174 Å². The minimum atomic E-state index is -1.32. The van der Waals surface area contributed by atoms with Gasteiger partial charge < -0.3 is 30.0 Å². The highest BCUT2D eigenvalue weighted by molar-refractivity contribution is 7.13. The van der Waals surface area contributed by atoms with E-state index in [0.29, 0.717) is 5.13 Å². The summed E-state index contributed by atoms with van der Waals surface area (Å²) in [6.07, 6.45) is 3.74. The van der Waals surface area contributed by atoms with Gasteiger partial charge >= 0.3 is 0 Å². The molecule has 3 heterocycles. The smallest absolute Gasteiger partial charge is 0.241 e. The average molecular weight is 564 g/mol. The number of amides is 2. The summed E-state index contributed by atoms with van der Waals surface area (Å²) in [6, 6.07) is -0.214. The largest absolute Gasteiger partial charge is 0.481 e. The van der Waals surface area contributed by atoms with Crippen molar-refractivity contribution in [3.8, 4) is 11.8 Å². The summed E-state index contributed by atoms with van der Waals surface area (Å²) in [5.41, 5.74) is 5.10. The van der Waals surface area contributed by atoms with Gasteiger partial charge in [-0.15, -0.1) is 11.3 Å². The van der Waals surface area contributed by atoms with Gasteiger partial charge in [0.1, 0.15) is 12.1 Å². The number of ether oxygens (including phenoxy) is 3. The number of anilines is 2. The number of nitrogens with one attached hydrogen (secondary N) is 2. The third-order valence-corrected chi connectivity index (χ3v) is 7.44. The second-order valence-electron chi connectivity index (χ2n) is 10.8. The van der Waals surface area contributed by atoms with Crippen molar-refractivity contribution < 1.29 is 28.9 Å². The highest BCUT2D eigenvalue weighted by Gasteiger charge is 2.45. The number of methoxy groups -OCH3 is 1. The Bertz CT molecular complexity index is 1120. The number of carbonyl (C=O) groups is 2. The normalized spacial score (nSPS) is 21.5. The zero-order chi connectivity index (χ0) is 28.2. The number of hydrogen-bond donors (Lipinski definition) is 4. The lowest BCUT2D eigenvalue weighted by atomic mass is 9.85. The summed E-state index contributed by atoms with van der Waals surface area (Å²) in [5.74, 6) is -0.321. The molecule has 13 nitrogen and oxygen atoms in total. The first-order valence-corrected chi connectivity index (χ1v) is 13.9. The molecule has 2 aliphatic rings. The highest BCUT2D eigenvalue weighted by atomic mass is 32.1. The average Bonchev–Trinajstić information content (AvgIpc) is 3.64. The van der Waals surface area contributed by atoms with Crippen molar-refractivity contribution in [3.05, 3.63) is 17.6 Å². The minimum Gasteiger partial charge on any atom is -0.481 e. The zero-order valence-corrected chi connectivity index (χ0v) is 23.4. The van der Waals surface area contributed by atoms with E-state index in [-0.39, 0.29) is 42.7 Å². The van der Waals surface area contributed by atoms with Crippen molar-refractivity contribution in [3.63, 3.8) is 0 Å². The number of carbonyl (C=O) groups excluding carboxylic acids is 2. The predicted molar refractivity (Wildman–Crippen MR) is 143 cm³/mol. The molecule has 2 unspecified atom stereocenters. The molecular weight excluding hydrogens is 526 g/mol. The lowest BCUT2D eigenvalue weighted by Gasteiger charge is -2.36. The monoisotopic (exact) mass is 563 g/mol. The third-order valence-electron chi connectivity index (χ3n) is 6.75.